The van der Waals surface area contributed by atoms with Gasteiger partial charge in [0.25, 0.3) is 0 Å². The minimum Gasteiger partial charge on any atom is -0.489 e. The van der Waals surface area contributed by atoms with Crippen LogP contribution in [0.15, 0.2) is 36.4 Å². The number of hydrogen-bond donors (Lipinski definition) is 1. The number of hydrogen-bond acceptors (Lipinski definition) is 2. The third-order valence-electron chi connectivity index (χ3n) is 3.05. The second-order valence-corrected chi connectivity index (χ2v) is 5.70. The summed E-state index contributed by atoms with van der Waals surface area (Å²) in [6.07, 6.45) is 0. The molecule has 0 aliphatic carbocycles. The van der Waals surface area contributed by atoms with Crippen LogP contribution in [-0.4, -0.2) is 0 Å². The molecule has 20 heavy (non-hydrogen) atoms. The Morgan fingerprint density at radius 2 is 1.90 bits per heavy atom. The molecule has 1 atom stereocenters. The highest BCUT2D eigenvalue weighted by Gasteiger charge is 2.10. The van der Waals surface area contributed by atoms with Gasteiger partial charge in [-0.25, -0.2) is 0 Å². The minimum atomic E-state index is -0.0836. The van der Waals surface area contributed by atoms with Crippen LogP contribution in [0.2, 0.25) is 10.0 Å². The summed E-state index contributed by atoms with van der Waals surface area (Å²) < 4.78 is 5.85. The van der Waals surface area contributed by atoms with Crippen molar-refractivity contribution in [2.24, 2.45) is 5.73 Å². The van der Waals surface area contributed by atoms with Crippen molar-refractivity contribution < 1.29 is 4.74 Å². The molecule has 0 radical (unpaired) electrons. The van der Waals surface area contributed by atoms with Gasteiger partial charge in [0.1, 0.15) is 12.4 Å². The Balaban J connectivity index is 2.20. The molecule has 2 rings (SSSR count). The summed E-state index contributed by atoms with van der Waals surface area (Å²) in [5, 5.41) is 1.29. The summed E-state index contributed by atoms with van der Waals surface area (Å²) in [5.41, 5.74) is 8.98. The van der Waals surface area contributed by atoms with Crippen molar-refractivity contribution in [2.45, 2.75) is 26.5 Å². The van der Waals surface area contributed by atoms with E-state index in [1.54, 1.807) is 12.1 Å². The van der Waals surface area contributed by atoms with Crippen LogP contribution in [0.1, 0.15) is 29.7 Å². The number of halogens is 2. The SMILES string of the molecule is Cc1ccc(OCc2cc(Cl)ccc2Cl)c(C(C)N)c1. The van der Waals surface area contributed by atoms with Gasteiger partial charge in [-0.3, -0.25) is 0 Å². The molecule has 2 aromatic carbocycles. The quantitative estimate of drug-likeness (QED) is 0.871. The van der Waals surface area contributed by atoms with Gasteiger partial charge in [-0.1, -0.05) is 40.9 Å². The van der Waals surface area contributed by atoms with Gasteiger partial charge >= 0.3 is 0 Å². The van der Waals surface area contributed by atoms with E-state index >= 15 is 0 Å². The molecular formula is C16H17Cl2NO. The van der Waals surface area contributed by atoms with Gasteiger partial charge in [0.05, 0.1) is 0 Å². The topological polar surface area (TPSA) is 35.2 Å². The summed E-state index contributed by atoms with van der Waals surface area (Å²) in [6, 6.07) is 11.2. The smallest absolute Gasteiger partial charge is 0.124 e. The summed E-state index contributed by atoms with van der Waals surface area (Å²) in [4.78, 5) is 0. The fourth-order valence-electron chi connectivity index (χ4n) is 1.96. The molecule has 0 saturated carbocycles. The fourth-order valence-corrected chi connectivity index (χ4v) is 2.33. The van der Waals surface area contributed by atoms with E-state index in [-0.39, 0.29) is 6.04 Å². The zero-order chi connectivity index (χ0) is 14.7. The maximum Gasteiger partial charge on any atom is 0.124 e. The molecule has 0 aliphatic heterocycles. The van der Waals surface area contributed by atoms with Crippen LogP contribution in [-0.2, 0) is 6.61 Å². The molecule has 2 nitrogen and oxygen atoms in total. The van der Waals surface area contributed by atoms with E-state index in [9.17, 15) is 0 Å². The highest BCUT2D eigenvalue weighted by molar-refractivity contribution is 6.33. The fraction of sp³-hybridized carbons (Fsp3) is 0.250. The predicted octanol–water partition coefficient (Wildman–Crippen LogP) is 4.90. The number of nitrogens with two attached hydrogens (primary N) is 1. The molecule has 2 N–H and O–H groups in total. The molecule has 0 heterocycles. The van der Waals surface area contributed by atoms with Crippen molar-refractivity contribution in [3.05, 3.63) is 63.1 Å². The van der Waals surface area contributed by atoms with Crippen LogP contribution in [0, 0.1) is 6.92 Å². The lowest BCUT2D eigenvalue weighted by atomic mass is 10.1. The zero-order valence-corrected chi connectivity index (χ0v) is 13.0. The first-order valence-corrected chi connectivity index (χ1v) is 7.16. The maximum absolute atomic E-state index is 6.13. The molecular weight excluding hydrogens is 293 g/mol. The zero-order valence-electron chi connectivity index (χ0n) is 11.5. The van der Waals surface area contributed by atoms with Gasteiger partial charge in [0, 0.05) is 27.2 Å². The average Bonchev–Trinajstić information content (AvgIpc) is 2.40. The van der Waals surface area contributed by atoms with E-state index in [0.717, 1.165) is 22.4 Å². The summed E-state index contributed by atoms with van der Waals surface area (Å²) >= 11 is 12.1. The molecule has 1 unspecified atom stereocenters. The molecule has 0 bridgehead atoms. The first kappa shape index (κ1) is 15.2. The normalized spacial score (nSPS) is 12.2. The van der Waals surface area contributed by atoms with E-state index in [0.29, 0.717) is 16.7 Å². The average molecular weight is 310 g/mol. The van der Waals surface area contributed by atoms with Crippen LogP contribution in [0.3, 0.4) is 0 Å². The van der Waals surface area contributed by atoms with Gasteiger partial charge < -0.3 is 10.5 Å². The Morgan fingerprint density at radius 3 is 2.60 bits per heavy atom. The van der Waals surface area contributed by atoms with Crippen LogP contribution < -0.4 is 10.5 Å². The Hall–Kier alpha value is -1.22. The standard InChI is InChI=1S/C16H17Cl2NO/c1-10-3-6-16(14(7-10)11(2)19)20-9-12-8-13(17)4-5-15(12)18/h3-8,11H,9,19H2,1-2H3. The van der Waals surface area contributed by atoms with Crippen molar-refractivity contribution in [1.82, 2.24) is 0 Å². The Kier molecular flexibility index (Phi) is 4.92. The summed E-state index contributed by atoms with van der Waals surface area (Å²) in [6.45, 7) is 4.33. The first-order valence-electron chi connectivity index (χ1n) is 6.40. The van der Waals surface area contributed by atoms with E-state index < -0.39 is 0 Å². The van der Waals surface area contributed by atoms with Crippen molar-refractivity contribution in [1.29, 1.82) is 0 Å². The van der Waals surface area contributed by atoms with Crippen molar-refractivity contribution in [3.63, 3.8) is 0 Å². The molecule has 0 spiro atoms. The highest BCUT2D eigenvalue weighted by Crippen LogP contribution is 2.27. The lowest BCUT2D eigenvalue weighted by Crippen LogP contribution is -2.08. The third-order valence-corrected chi connectivity index (χ3v) is 3.65. The third kappa shape index (κ3) is 3.66. The first-order chi connectivity index (χ1) is 9.47. The predicted molar refractivity (Wildman–Crippen MR) is 84.6 cm³/mol. The molecule has 0 saturated heterocycles. The van der Waals surface area contributed by atoms with Gasteiger partial charge in [-0.2, -0.15) is 0 Å². The molecule has 0 aromatic heterocycles. The molecule has 0 fully saturated rings. The molecule has 0 amide bonds. The molecule has 4 heteroatoms. The Bertz CT molecular complexity index is 611. The largest absolute Gasteiger partial charge is 0.489 e. The van der Waals surface area contributed by atoms with E-state index in [1.807, 2.05) is 38.1 Å². The van der Waals surface area contributed by atoms with Crippen molar-refractivity contribution in [2.75, 3.05) is 0 Å². The van der Waals surface area contributed by atoms with Crippen LogP contribution >= 0.6 is 23.2 Å². The monoisotopic (exact) mass is 309 g/mol. The van der Waals surface area contributed by atoms with Gasteiger partial charge in [-0.05, 0) is 38.1 Å². The number of aryl methyl sites for hydroxylation is 1. The molecule has 2 aromatic rings. The maximum atomic E-state index is 6.13. The number of rotatable bonds is 4. The highest BCUT2D eigenvalue weighted by atomic mass is 35.5. The minimum absolute atomic E-state index is 0.0836. The summed E-state index contributed by atoms with van der Waals surface area (Å²) in [7, 11) is 0. The molecule has 106 valence electrons. The van der Waals surface area contributed by atoms with Crippen LogP contribution in [0.4, 0.5) is 0 Å². The second kappa shape index (κ2) is 6.49. The van der Waals surface area contributed by atoms with Crippen LogP contribution in [0.5, 0.6) is 5.75 Å². The van der Waals surface area contributed by atoms with Crippen molar-refractivity contribution in [3.8, 4) is 5.75 Å². The van der Waals surface area contributed by atoms with E-state index in [1.165, 1.54) is 0 Å². The van der Waals surface area contributed by atoms with Crippen molar-refractivity contribution >= 4 is 23.2 Å². The van der Waals surface area contributed by atoms with E-state index in [2.05, 4.69) is 0 Å². The van der Waals surface area contributed by atoms with E-state index in [4.69, 9.17) is 33.7 Å². The lowest BCUT2D eigenvalue weighted by molar-refractivity contribution is 0.301. The number of benzene rings is 2. The van der Waals surface area contributed by atoms with Gasteiger partial charge in [0.15, 0.2) is 0 Å². The number of ether oxygens (including phenoxy) is 1. The molecule has 0 aliphatic rings. The lowest BCUT2D eigenvalue weighted by Gasteiger charge is -2.15. The van der Waals surface area contributed by atoms with Gasteiger partial charge in [-0.15, -0.1) is 0 Å². The van der Waals surface area contributed by atoms with Gasteiger partial charge in [0.2, 0.25) is 0 Å². The Morgan fingerprint density at radius 1 is 1.15 bits per heavy atom. The second-order valence-electron chi connectivity index (χ2n) is 4.85. The Labute approximate surface area is 129 Å². The summed E-state index contributed by atoms with van der Waals surface area (Å²) in [5.74, 6) is 0.779. The van der Waals surface area contributed by atoms with Crippen LogP contribution in [0.25, 0.3) is 0 Å².